The van der Waals surface area contributed by atoms with Gasteiger partial charge in [0.05, 0.1) is 28.0 Å². The lowest BCUT2D eigenvalue weighted by atomic mass is 10.2. The Morgan fingerprint density at radius 3 is 2.67 bits per heavy atom. The highest BCUT2D eigenvalue weighted by Crippen LogP contribution is 2.30. The number of aromatic nitrogens is 5. The molecule has 9 nitrogen and oxygen atoms in total. The average Bonchev–Trinajstić information content (AvgIpc) is 3.58. The van der Waals surface area contributed by atoms with Crippen molar-refractivity contribution >= 4 is 54.5 Å². The fourth-order valence-electron chi connectivity index (χ4n) is 4.49. The van der Waals surface area contributed by atoms with E-state index in [4.69, 9.17) is 0 Å². The van der Waals surface area contributed by atoms with E-state index < -0.39 is 9.84 Å². The number of sulfone groups is 1. The second kappa shape index (κ2) is 11.1. The summed E-state index contributed by atoms with van der Waals surface area (Å²) in [6.07, 6.45) is 8.42. The number of hydrogen-bond donors (Lipinski definition) is 2. The van der Waals surface area contributed by atoms with Crippen LogP contribution in [-0.4, -0.2) is 51.5 Å². The van der Waals surface area contributed by atoms with Crippen molar-refractivity contribution in [3.8, 4) is 10.6 Å². The van der Waals surface area contributed by atoms with Gasteiger partial charge in [-0.25, -0.2) is 23.4 Å². The van der Waals surface area contributed by atoms with E-state index in [2.05, 4.69) is 89.9 Å². The van der Waals surface area contributed by atoms with Gasteiger partial charge in [-0.05, 0) is 35.9 Å². The number of rotatable bonds is 10. The first kappa shape index (κ1) is 26.1. The van der Waals surface area contributed by atoms with Crippen LogP contribution in [0.2, 0.25) is 0 Å². The zero-order valence-electron chi connectivity index (χ0n) is 21.8. The molecule has 6 rings (SSSR count). The molecular weight excluding hydrogens is 543 g/mol. The van der Waals surface area contributed by atoms with Crippen molar-refractivity contribution in [3.05, 3.63) is 96.2 Å². The molecular formula is C29H27N7O2S2. The summed E-state index contributed by atoms with van der Waals surface area (Å²) >= 11 is 1.52. The van der Waals surface area contributed by atoms with Gasteiger partial charge in [0.25, 0.3) is 0 Å². The summed E-state index contributed by atoms with van der Waals surface area (Å²) in [5, 5.41) is 9.46. The highest BCUT2D eigenvalue weighted by molar-refractivity contribution is 7.90. The molecule has 11 heteroatoms. The second-order valence-electron chi connectivity index (χ2n) is 9.56. The van der Waals surface area contributed by atoms with Gasteiger partial charge >= 0.3 is 0 Å². The van der Waals surface area contributed by atoms with Crippen molar-refractivity contribution in [1.82, 2.24) is 29.8 Å². The van der Waals surface area contributed by atoms with Crippen molar-refractivity contribution in [2.24, 2.45) is 0 Å². The van der Waals surface area contributed by atoms with Crippen molar-refractivity contribution in [1.29, 1.82) is 0 Å². The van der Waals surface area contributed by atoms with Crippen LogP contribution in [0, 0.1) is 0 Å². The third kappa shape index (κ3) is 6.01. The number of hydrogen-bond acceptors (Lipinski definition) is 9. The summed E-state index contributed by atoms with van der Waals surface area (Å²) in [6.45, 7) is 1.70. The van der Waals surface area contributed by atoms with Crippen LogP contribution < -0.4 is 10.6 Å². The Morgan fingerprint density at radius 1 is 0.950 bits per heavy atom. The Labute approximate surface area is 235 Å². The lowest BCUT2D eigenvalue weighted by Gasteiger charge is -2.10. The normalized spacial score (nSPS) is 11.8. The highest BCUT2D eigenvalue weighted by Gasteiger charge is 2.12. The Kier molecular flexibility index (Phi) is 7.25. The van der Waals surface area contributed by atoms with Crippen molar-refractivity contribution in [3.63, 3.8) is 0 Å². The maximum absolute atomic E-state index is 11.3. The summed E-state index contributed by atoms with van der Waals surface area (Å²) in [6, 6.07) is 20.8. The third-order valence-electron chi connectivity index (χ3n) is 6.48. The molecule has 0 aliphatic heterocycles. The number of anilines is 2. The monoisotopic (exact) mass is 569 g/mol. The topological polar surface area (TPSA) is 115 Å². The van der Waals surface area contributed by atoms with Crippen LogP contribution in [0.15, 0.2) is 85.6 Å². The van der Waals surface area contributed by atoms with Crippen LogP contribution >= 0.6 is 11.3 Å². The molecule has 0 atom stereocenters. The van der Waals surface area contributed by atoms with E-state index in [0.29, 0.717) is 18.9 Å². The van der Waals surface area contributed by atoms with E-state index in [1.807, 2.05) is 12.1 Å². The summed E-state index contributed by atoms with van der Waals surface area (Å²) in [5.74, 6) is 0.795. The number of benzene rings is 2. The molecule has 0 unspecified atom stereocenters. The molecule has 2 aromatic carbocycles. The van der Waals surface area contributed by atoms with Gasteiger partial charge in [-0.1, -0.05) is 30.3 Å². The lowest BCUT2D eigenvalue weighted by molar-refractivity contribution is 0.596. The molecule has 40 heavy (non-hydrogen) atoms. The third-order valence-corrected chi connectivity index (χ3v) is 8.45. The second-order valence-corrected chi connectivity index (χ2v) is 12.9. The summed E-state index contributed by atoms with van der Waals surface area (Å²) in [7, 11) is -2.99. The van der Waals surface area contributed by atoms with Crippen LogP contribution in [0.3, 0.4) is 0 Å². The molecule has 2 N–H and O–H groups in total. The zero-order valence-corrected chi connectivity index (χ0v) is 23.4. The van der Waals surface area contributed by atoms with E-state index in [9.17, 15) is 8.42 Å². The van der Waals surface area contributed by atoms with Crippen LogP contribution in [0.5, 0.6) is 0 Å². The van der Waals surface area contributed by atoms with Crippen LogP contribution in [0.1, 0.15) is 10.6 Å². The molecule has 0 saturated carbocycles. The molecule has 0 amide bonds. The number of thiazole rings is 1. The van der Waals surface area contributed by atoms with E-state index in [0.717, 1.165) is 44.1 Å². The first-order chi connectivity index (χ1) is 19.4. The molecule has 4 aromatic heterocycles. The molecule has 6 aromatic rings. The summed E-state index contributed by atoms with van der Waals surface area (Å²) in [5.41, 5.74) is 4.88. The number of nitrogens with one attached hydrogen (secondary N) is 2. The van der Waals surface area contributed by atoms with Crippen LogP contribution in [-0.2, 0) is 22.9 Å². The van der Waals surface area contributed by atoms with Gasteiger partial charge in [0, 0.05) is 60.3 Å². The summed E-state index contributed by atoms with van der Waals surface area (Å²) in [4.78, 5) is 18.9. The molecule has 0 fully saturated rings. The first-order valence-electron chi connectivity index (χ1n) is 12.8. The number of pyridine rings is 1. The maximum atomic E-state index is 11.3. The zero-order chi connectivity index (χ0) is 27.5. The van der Waals surface area contributed by atoms with E-state index >= 15 is 0 Å². The molecule has 4 heterocycles. The minimum absolute atomic E-state index is 0.0969. The largest absolute Gasteiger partial charge is 0.343 e. The Morgan fingerprint density at radius 2 is 1.82 bits per heavy atom. The van der Waals surface area contributed by atoms with Crippen molar-refractivity contribution in [2.75, 3.05) is 23.9 Å². The standard InChI is InChI=1S/C29H27N7O2S2/c1-40(37,38)12-10-30-17-28-32-16-27(39-28)24-14-23-25(15-31-24)33-19-34-29(23)35-22-7-8-26-21(13-22)9-11-36(26)18-20-5-3-2-4-6-20/h2-9,11,13-16,19,30H,10,12,17-18H2,1H3,(H,33,34,35). The van der Waals surface area contributed by atoms with Crippen LogP contribution in [0.25, 0.3) is 32.4 Å². The van der Waals surface area contributed by atoms with Gasteiger partial charge in [-0.2, -0.15) is 0 Å². The average molecular weight is 570 g/mol. The van der Waals surface area contributed by atoms with E-state index in [1.54, 1.807) is 12.4 Å². The molecule has 0 radical (unpaired) electrons. The molecule has 0 aliphatic carbocycles. The lowest BCUT2D eigenvalue weighted by Crippen LogP contribution is -2.21. The number of fused-ring (bicyclic) bond motifs is 2. The van der Waals surface area contributed by atoms with Gasteiger partial charge in [-0.15, -0.1) is 11.3 Å². The SMILES string of the molecule is CS(=O)(=O)CCNCc1ncc(-c2cc3c(Nc4ccc5c(ccn5Cc5ccccc5)c4)ncnc3cn2)s1. The highest BCUT2D eigenvalue weighted by atomic mass is 32.2. The van der Waals surface area contributed by atoms with Gasteiger partial charge in [0.1, 0.15) is 27.0 Å². The van der Waals surface area contributed by atoms with Crippen molar-refractivity contribution < 1.29 is 8.42 Å². The van der Waals surface area contributed by atoms with Gasteiger partial charge in [0.2, 0.25) is 0 Å². The first-order valence-corrected chi connectivity index (χ1v) is 15.6. The molecule has 0 spiro atoms. The van der Waals surface area contributed by atoms with E-state index in [-0.39, 0.29) is 5.75 Å². The molecule has 202 valence electrons. The predicted molar refractivity (Wildman–Crippen MR) is 161 cm³/mol. The molecule has 0 aliphatic rings. The maximum Gasteiger partial charge on any atom is 0.148 e. The van der Waals surface area contributed by atoms with Gasteiger partial charge in [-0.3, -0.25) is 4.98 Å². The quantitative estimate of drug-likeness (QED) is 0.221. The fraction of sp³-hybridized carbons (Fsp3) is 0.172. The Balaban J connectivity index is 1.21. The van der Waals surface area contributed by atoms with E-state index in [1.165, 1.54) is 35.0 Å². The minimum Gasteiger partial charge on any atom is -0.343 e. The smallest absolute Gasteiger partial charge is 0.148 e. The van der Waals surface area contributed by atoms with Gasteiger partial charge in [0.15, 0.2) is 0 Å². The molecule has 0 bridgehead atoms. The predicted octanol–water partition coefficient (Wildman–Crippen LogP) is 5.03. The minimum atomic E-state index is -2.99. The summed E-state index contributed by atoms with van der Waals surface area (Å²) < 4.78 is 24.9. The number of nitrogens with zero attached hydrogens (tertiary/aromatic N) is 5. The van der Waals surface area contributed by atoms with Crippen molar-refractivity contribution in [2.45, 2.75) is 13.1 Å². The molecule has 0 saturated heterocycles. The Hall–Kier alpha value is -4.19. The fourth-order valence-corrected chi connectivity index (χ4v) is 5.86. The van der Waals surface area contributed by atoms with Crippen LogP contribution in [0.4, 0.5) is 11.5 Å². The Bertz CT molecular complexity index is 1900. The van der Waals surface area contributed by atoms with Gasteiger partial charge < -0.3 is 15.2 Å².